The Hall–Kier alpha value is -2.04. The van der Waals surface area contributed by atoms with Crippen LogP contribution in [-0.2, 0) is 4.79 Å². The summed E-state index contributed by atoms with van der Waals surface area (Å²) < 4.78 is 0. The standard InChI is InChI=1S/C16H23N3O2/c1-3-8-17-14-9-11(2)4-6-13(14)16(21)19-12-5-7-15(20)18-10-12/h4,6,9,12,17H,3,5,7-8,10H2,1-2H3,(H,18,20)(H,19,21). The molecule has 0 spiro atoms. The Morgan fingerprint density at radius 1 is 1.43 bits per heavy atom. The summed E-state index contributed by atoms with van der Waals surface area (Å²) in [7, 11) is 0. The molecular weight excluding hydrogens is 266 g/mol. The number of anilines is 1. The van der Waals surface area contributed by atoms with E-state index in [0.29, 0.717) is 24.9 Å². The van der Waals surface area contributed by atoms with Crippen molar-refractivity contribution in [3.63, 3.8) is 0 Å². The summed E-state index contributed by atoms with van der Waals surface area (Å²) in [6.45, 7) is 5.44. The molecule has 1 aromatic carbocycles. The number of rotatable bonds is 5. The molecule has 1 atom stereocenters. The van der Waals surface area contributed by atoms with Crippen LogP contribution >= 0.6 is 0 Å². The first-order chi connectivity index (χ1) is 10.1. The third-order valence-corrected chi connectivity index (χ3v) is 3.59. The summed E-state index contributed by atoms with van der Waals surface area (Å²) >= 11 is 0. The molecule has 1 saturated heterocycles. The monoisotopic (exact) mass is 289 g/mol. The maximum atomic E-state index is 12.4. The minimum absolute atomic E-state index is 0.00975. The zero-order valence-electron chi connectivity index (χ0n) is 12.7. The lowest BCUT2D eigenvalue weighted by Gasteiger charge is -2.24. The molecule has 0 saturated carbocycles. The number of aryl methyl sites for hydroxylation is 1. The number of carbonyl (C=O) groups is 2. The van der Waals surface area contributed by atoms with Gasteiger partial charge in [-0.15, -0.1) is 0 Å². The van der Waals surface area contributed by atoms with E-state index >= 15 is 0 Å². The minimum atomic E-state index is -0.0882. The van der Waals surface area contributed by atoms with Crippen LogP contribution in [0.3, 0.4) is 0 Å². The van der Waals surface area contributed by atoms with Crippen molar-refractivity contribution in [3.05, 3.63) is 29.3 Å². The molecule has 1 aromatic rings. The fraction of sp³-hybridized carbons (Fsp3) is 0.500. The summed E-state index contributed by atoms with van der Waals surface area (Å²) in [4.78, 5) is 23.6. The van der Waals surface area contributed by atoms with Gasteiger partial charge in [-0.2, -0.15) is 0 Å². The Balaban J connectivity index is 2.05. The number of hydrogen-bond acceptors (Lipinski definition) is 3. The van der Waals surface area contributed by atoms with Gasteiger partial charge in [-0.3, -0.25) is 9.59 Å². The third kappa shape index (κ3) is 4.21. The average Bonchev–Trinajstić information content (AvgIpc) is 2.47. The molecule has 3 N–H and O–H groups in total. The first kappa shape index (κ1) is 15.4. The Kier molecular flexibility index (Phi) is 5.20. The predicted molar refractivity (Wildman–Crippen MR) is 83.5 cm³/mol. The van der Waals surface area contributed by atoms with Gasteiger partial charge in [-0.05, 0) is 37.5 Å². The van der Waals surface area contributed by atoms with E-state index in [1.165, 1.54) is 0 Å². The van der Waals surface area contributed by atoms with Gasteiger partial charge in [0.25, 0.3) is 5.91 Å². The Morgan fingerprint density at radius 2 is 2.24 bits per heavy atom. The van der Waals surface area contributed by atoms with Gasteiger partial charge in [-0.1, -0.05) is 13.0 Å². The first-order valence-corrected chi connectivity index (χ1v) is 7.52. The number of benzene rings is 1. The van der Waals surface area contributed by atoms with E-state index in [2.05, 4.69) is 22.9 Å². The average molecular weight is 289 g/mol. The molecule has 2 amide bonds. The van der Waals surface area contributed by atoms with Crippen LogP contribution in [0.1, 0.15) is 42.1 Å². The van der Waals surface area contributed by atoms with Gasteiger partial charge in [-0.25, -0.2) is 0 Å². The highest BCUT2D eigenvalue weighted by atomic mass is 16.2. The van der Waals surface area contributed by atoms with Crippen molar-refractivity contribution in [1.82, 2.24) is 10.6 Å². The molecule has 2 rings (SSSR count). The van der Waals surface area contributed by atoms with Crippen LogP contribution in [0.2, 0.25) is 0 Å². The number of amides is 2. The SMILES string of the molecule is CCCNc1cc(C)ccc1C(=O)NC1CCC(=O)NC1. The van der Waals surface area contributed by atoms with Crippen LogP contribution in [0, 0.1) is 6.92 Å². The van der Waals surface area contributed by atoms with E-state index in [1.807, 2.05) is 25.1 Å². The largest absolute Gasteiger partial charge is 0.384 e. The van der Waals surface area contributed by atoms with E-state index < -0.39 is 0 Å². The van der Waals surface area contributed by atoms with Crippen LogP contribution in [0.5, 0.6) is 0 Å². The molecule has 1 unspecified atom stereocenters. The molecule has 114 valence electrons. The lowest BCUT2D eigenvalue weighted by atomic mass is 10.0. The maximum Gasteiger partial charge on any atom is 0.253 e. The van der Waals surface area contributed by atoms with E-state index in [4.69, 9.17) is 0 Å². The lowest BCUT2D eigenvalue weighted by molar-refractivity contribution is -0.122. The Labute approximate surface area is 125 Å². The van der Waals surface area contributed by atoms with E-state index in [1.54, 1.807) is 0 Å². The van der Waals surface area contributed by atoms with Crippen molar-refractivity contribution < 1.29 is 9.59 Å². The summed E-state index contributed by atoms with van der Waals surface area (Å²) in [6.07, 6.45) is 2.17. The zero-order chi connectivity index (χ0) is 15.2. The number of piperidine rings is 1. The van der Waals surface area contributed by atoms with Crippen LogP contribution in [0.25, 0.3) is 0 Å². The normalized spacial score (nSPS) is 18.0. The molecule has 1 aliphatic rings. The molecule has 0 radical (unpaired) electrons. The Morgan fingerprint density at radius 3 is 2.90 bits per heavy atom. The smallest absolute Gasteiger partial charge is 0.253 e. The fourth-order valence-electron chi connectivity index (χ4n) is 2.38. The van der Waals surface area contributed by atoms with Gasteiger partial charge in [0.2, 0.25) is 5.91 Å². The molecule has 5 heteroatoms. The highest BCUT2D eigenvalue weighted by Crippen LogP contribution is 2.18. The van der Waals surface area contributed by atoms with E-state index in [-0.39, 0.29) is 17.9 Å². The second kappa shape index (κ2) is 7.11. The van der Waals surface area contributed by atoms with Gasteiger partial charge < -0.3 is 16.0 Å². The van der Waals surface area contributed by atoms with Crippen molar-refractivity contribution in [2.24, 2.45) is 0 Å². The molecule has 0 aliphatic carbocycles. The summed E-state index contributed by atoms with van der Waals surface area (Å²) in [5, 5.41) is 9.07. The molecule has 0 bridgehead atoms. The minimum Gasteiger partial charge on any atom is -0.384 e. The topological polar surface area (TPSA) is 70.2 Å². The number of nitrogens with one attached hydrogen (secondary N) is 3. The first-order valence-electron chi connectivity index (χ1n) is 7.52. The molecule has 0 aromatic heterocycles. The van der Waals surface area contributed by atoms with Crippen LogP contribution in [0.4, 0.5) is 5.69 Å². The van der Waals surface area contributed by atoms with E-state index in [0.717, 1.165) is 24.2 Å². The quantitative estimate of drug-likeness (QED) is 0.774. The number of hydrogen-bond donors (Lipinski definition) is 3. The summed E-state index contributed by atoms with van der Waals surface area (Å²) in [5.41, 5.74) is 2.65. The molecule has 1 heterocycles. The predicted octanol–water partition coefficient (Wildman–Crippen LogP) is 1.83. The fourth-order valence-corrected chi connectivity index (χ4v) is 2.38. The highest BCUT2D eigenvalue weighted by molar-refractivity contribution is 6.00. The van der Waals surface area contributed by atoms with E-state index in [9.17, 15) is 9.59 Å². The van der Waals surface area contributed by atoms with Gasteiger partial charge in [0, 0.05) is 31.2 Å². The van der Waals surface area contributed by atoms with Crippen molar-refractivity contribution in [2.45, 2.75) is 39.2 Å². The highest BCUT2D eigenvalue weighted by Gasteiger charge is 2.21. The molecular formula is C16H23N3O2. The van der Waals surface area contributed by atoms with Crippen molar-refractivity contribution in [2.75, 3.05) is 18.4 Å². The van der Waals surface area contributed by atoms with Crippen molar-refractivity contribution in [3.8, 4) is 0 Å². The second-order valence-corrected chi connectivity index (χ2v) is 5.49. The summed E-state index contributed by atoms with van der Waals surface area (Å²) in [6, 6.07) is 5.79. The Bertz CT molecular complexity index is 518. The molecule has 5 nitrogen and oxygen atoms in total. The van der Waals surface area contributed by atoms with Gasteiger partial charge in [0.1, 0.15) is 0 Å². The zero-order valence-corrected chi connectivity index (χ0v) is 12.7. The lowest BCUT2D eigenvalue weighted by Crippen LogP contribution is -2.47. The second-order valence-electron chi connectivity index (χ2n) is 5.49. The molecule has 1 fully saturated rings. The maximum absolute atomic E-state index is 12.4. The van der Waals surface area contributed by atoms with Gasteiger partial charge in [0.15, 0.2) is 0 Å². The third-order valence-electron chi connectivity index (χ3n) is 3.59. The van der Waals surface area contributed by atoms with Crippen molar-refractivity contribution >= 4 is 17.5 Å². The van der Waals surface area contributed by atoms with Gasteiger partial charge in [0.05, 0.1) is 5.56 Å². The van der Waals surface area contributed by atoms with Crippen LogP contribution in [-0.4, -0.2) is 30.9 Å². The summed E-state index contributed by atoms with van der Waals surface area (Å²) in [5.74, 6) is -0.0316. The number of carbonyl (C=O) groups excluding carboxylic acids is 2. The van der Waals surface area contributed by atoms with Crippen molar-refractivity contribution in [1.29, 1.82) is 0 Å². The van der Waals surface area contributed by atoms with Gasteiger partial charge >= 0.3 is 0 Å². The molecule has 1 aliphatic heterocycles. The molecule has 21 heavy (non-hydrogen) atoms. The van der Waals surface area contributed by atoms with Crippen LogP contribution in [0.15, 0.2) is 18.2 Å². The van der Waals surface area contributed by atoms with Crippen LogP contribution < -0.4 is 16.0 Å².